The summed E-state index contributed by atoms with van der Waals surface area (Å²) in [5, 5.41) is 9.72. The van der Waals surface area contributed by atoms with Crippen molar-refractivity contribution in [3.8, 4) is 0 Å². The number of halogens is 2. The molecule has 0 fully saturated rings. The van der Waals surface area contributed by atoms with Crippen LogP contribution in [0, 0.1) is 0 Å². The molecule has 0 aromatic carbocycles. The summed E-state index contributed by atoms with van der Waals surface area (Å²) in [5.41, 5.74) is -0.400. The SMILES string of the molecule is O=C(O)c1sccc1C(F)F. The monoisotopic (exact) mass is 178 g/mol. The first-order valence-corrected chi connectivity index (χ1v) is 3.59. The molecular weight excluding hydrogens is 174 g/mol. The van der Waals surface area contributed by atoms with E-state index in [1.807, 2.05) is 0 Å². The lowest BCUT2D eigenvalue weighted by atomic mass is 10.3. The molecule has 0 aliphatic carbocycles. The second kappa shape index (κ2) is 2.96. The van der Waals surface area contributed by atoms with Gasteiger partial charge in [-0.15, -0.1) is 11.3 Å². The van der Waals surface area contributed by atoms with Gasteiger partial charge in [0.05, 0.1) is 0 Å². The normalized spacial score (nSPS) is 10.5. The van der Waals surface area contributed by atoms with E-state index in [2.05, 4.69) is 0 Å². The number of carbonyl (C=O) groups is 1. The van der Waals surface area contributed by atoms with Gasteiger partial charge in [-0.3, -0.25) is 0 Å². The van der Waals surface area contributed by atoms with Crippen LogP contribution < -0.4 is 0 Å². The van der Waals surface area contributed by atoms with E-state index in [0.29, 0.717) is 0 Å². The van der Waals surface area contributed by atoms with Gasteiger partial charge in [0.2, 0.25) is 0 Å². The van der Waals surface area contributed by atoms with Crippen LogP contribution in [0.3, 0.4) is 0 Å². The van der Waals surface area contributed by atoms with Crippen molar-refractivity contribution in [3.05, 3.63) is 21.9 Å². The Balaban J connectivity index is 3.06. The number of hydrogen-bond acceptors (Lipinski definition) is 2. The molecule has 60 valence electrons. The van der Waals surface area contributed by atoms with Crippen LogP contribution >= 0.6 is 11.3 Å². The first kappa shape index (κ1) is 8.13. The highest BCUT2D eigenvalue weighted by molar-refractivity contribution is 7.12. The first-order chi connectivity index (χ1) is 5.13. The fourth-order valence-electron chi connectivity index (χ4n) is 0.665. The van der Waals surface area contributed by atoms with Crippen LogP contribution in [0.4, 0.5) is 8.78 Å². The molecule has 11 heavy (non-hydrogen) atoms. The summed E-state index contributed by atoms with van der Waals surface area (Å²) < 4.78 is 23.9. The van der Waals surface area contributed by atoms with Gasteiger partial charge in [0, 0.05) is 5.56 Å². The van der Waals surface area contributed by atoms with Gasteiger partial charge in [0.15, 0.2) is 0 Å². The van der Waals surface area contributed by atoms with E-state index in [0.717, 1.165) is 17.4 Å². The van der Waals surface area contributed by atoms with Crippen LogP contribution in [0.5, 0.6) is 0 Å². The third kappa shape index (κ3) is 1.54. The second-order valence-corrected chi connectivity index (χ2v) is 2.73. The number of carboxylic acid groups (broad SMARTS) is 1. The van der Waals surface area contributed by atoms with Gasteiger partial charge in [-0.1, -0.05) is 0 Å². The Bertz CT molecular complexity index is 269. The molecule has 1 rings (SSSR count). The summed E-state index contributed by atoms with van der Waals surface area (Å²) in [6.45, 7) is 0. The maximum atomic E-state index is 12.0. The van der Waals surface area contributed by atoms with E-state index in [1.54, 1.807) is 0 Å². The molecule has 0 atom stereocenters. The molecule has 0 aliphatic rings. The molecule has 0 saturated heterocycles. The van der Waals surface area contributed by atoms with Gasteiger partial charge in [-0.2, -0.15) is 0 Å². The Morgan fingerprint density at radius 3 is 2.64 bits per heavy atom. The van der Waals surface area contributed by atoms with Gasteiger partial charge in [0.1, 0.15) is 4.88 Å². The molecule has 1 N–H and O–H groups in total. The minimum absolute atomic E-state index is 0.278. The quantitative estimate of drug-likeness (QED) is 0.754. The average Bonchev–Trinajstić information content (AvgIpc) is 2.32. The van der Waals surface area contributed by atoms with E-state index in [4.69, 9.17) is 5.11 Å². The highest BCUT2D eigenvalue weighted by Crippen LogP contribution is 2.26. The average molecular weight is 178 g/mol. The van der Waals surface area contributed by atoms with Gasteiger partial charge in [0.25, 0.3) is 6.43 Å². The van der Waals surface area contributed by atoms with Crippen LogP contribution in [0.1, 0.15) is 21.7 Å². The number of carboxylic acids is 1. The lowest BCUT2D eigenvalue weighted by Gasteiger charge is -1.95. The highest BCUT2D eigenvalue weighted by atomic mass is 32.1. The Hall–Kier alpha value is -0.970. The third-order valence-electron chi connectivity index (χ3n) is 1.13. The van der Waals surface area contributed by atoms with Gasteiger partial charge in [-0.25, -0.2) is 13.6 Å². The Morgan fingerprint density at radius 2 is 2.27 bits per heavy atom. The standard InChI is InChI=1S/C6H4F2O2S/c7-5(8)3-1-2-11-4(3)6(9)10/h1-2,5H,(H,9,10). The fraction of sp³-hybridized carbons (Fsp3) is 0.167. The summed E-state index contributed by atoms with van der Waals surface area (Å²) >= 11 is 0.806. The number of rotatable bonds is 2. The number of aromatic carboxylic acids is 1. The summed E-state index contributed by atoms with van der Waals surface area (Å²) in [6.07, 6.45) is -2.70. The lowest BCUT2D eigenvalue weighted by molar-refractivity contribution is 0.0691. The molecule has 0 aliphatic heterocycles. The Labute approximate surface area is 65.1 Å². The minimum Gasteiger partial charge on any atom is -0.477 e. The molecular formula is C6H4F2O2S. The highest BCUT2D eigenvalue weighted by Gasteiger charge is 2.18. The van der Waals surface area contributed by atoms with Gasteiger partial charge in [-0.05, 0) is 11.4 Å². The zero-order valence-electron chi connectivity index (χ0n) is 5.25. The van der Waals surface area contributed by atoms with Crippen molar-refractivity contribution in [1.29, 1.82) is 0 Å². The fourth-order valence-corrected chi connectivity index (χ4v) is 1.41. The van der Waals surface area contributed by atoms with Crippen molar-refractivity contribution in [2.75, 3.05) is 0 Å². The van der Waals surface area contributed by atoms with Crippen molar-refractivity contribution in [3.63, 3.8) is 0 Å². The topological polar surface area (TPSA) is 37.3 Å². The molecule has 0 spiro atoms. The molecule has 0 bridgehead atoms. The predicted octanol–water partition coefficient (Wildman–Crippen LogP) is 2.38. The molecule has 0 amide bonds. The van der Waals surface area contributed by atoms with Crippen LogP contribution in [-0.2, 0) is 0 Å². The first-order valence-electron chi connectivity index (χ1n) is 2.71. The third-order valence-corrected chi connectivity index (χ3v) is 2.04. The van der Waals surface area contributed by atoms with E-state index in [9.17, 15) is 13.6 Å². The molecule has 2 nitrogen and oxygen atoms in total. The molecule has 1 aromatic heterocycles. The molecule has 0 saturated carbocycles. The zero-order valence-corrected chi connectivity index (χ0v) is 6.07. The molecule has 1 aromatic rings. The van der Waals surface area contributed by atoms with Crippen molar-refractivity contribution in [1.82, 2.24) is 0 Å². The predicted molar refractivity (Wildman–Crippen MR) is 36.2 cm³/mol. The molecule has 0 radical (unpaired) electrons. The number of alkyl halides is 2. The Kier molecular flexibility index (Phi) is 2.19. The van der Waals surface area contributed by atoms with Gasteiger partial charge >= 0.3 is 5.97 Å². The summed E-state index contributed by atoms with van der Waals surface area (Å²) in [6, 6.07) is 1.12. The maximum Gasteiger partial charge on any atom is 0.346 e. The number of hydrogen-bond donors (Lipinski definition) is 1. The van der Waals surface area contributed by atoms with Crippen LogP contribution in [0.25, 0.3) is 0 Å². The molecule has 0 unspecified atom stereocenters. The van der Waals surface area contributed by atoms with Crippen LogP contribution in [0.15, 0.2) is 11.4 Å². The summed E-state index contributed by atoms with van der Waals surface area (Å²) in [4.78, 5) is 9.99. The van der Waals surface area contributed by atoms with E-state index in [1.165, 1.54) is 5.38 Å². The van der Waals surface area contributed by atoms with Crippen molar-refractivity contribution < 1.29 is 18.7 Å². The Morgan fingerprint density at radius 1 is 1.64 bits per heavy atom. The molecule has 1 heterocycles. The zero-order chi connectivity index (χ0) is 8.43. The largest absolute Gasteiger partial charge is 0.477 e. The second-order valence-electron chi connectivity index (χ2n) is 1.81. The van der Waals surface area contributed by atoms with Crippen molar-refractivity contribution in [2.24, 2.45) is 0 Å². The molecule has 5 heteroatoms. The minimum atomic E-state index is -2.70. The van der Waals surface area contributed by atoms with Gasteiger partial charge < -0.3 is 5.11 Å². The smallest absolute Gasteiger partial charge is 0.346 e. The summed E-state index contributed by atoms with van der Waals surface area (Å²) in [5.74, 6) is -1.30. The van der Waals surface area contributed by atoms with Crippen LogP contribution in [-0.4, -0.2) is 11.1 Å². The maximum absolute atomic E-state index is 12.0. The van der Waals surface area contributed by atoms with E-state index >= 15 is 0 Å². The lowest BCUT2D eigenvalue weighted by Crippen LogP contribution is -1.97. The van der Waals surface area contributed by atoms with E-state index in [-0.39, 0.29) is 4.88 Å². The van der Waals surface area contributed by atoms with Crippen LogP contribution in [0.2, 0.25) is 0 Å². The van der Waals surface area contributed by atoms with Crippen molar-refractivity contribution in [2.45, 2.75) is 6.43 Å². The van der Waals surface area contributed by atoms with Crippen molar-refractivity contribution >= 4 is 17.3 Å². The summed E-state index contributed by atoms with van der Waals surface area (Å²) in [7, 11) is 0. The number of thiophene rings is 1. The van der Waals surface area contributed by atoms with E-state index < -0.39 is 18.0 Å².